The zero-order valence-corrected chi connectivity index (χ0v) is 11.8. The van der Waals surface area contributed by atoms with Crippen LogP contribution in [0.25, 0.3) is 0 Å². The molecule has 0 atom stereocenters. The number of amides is 2. The van der Waals surface area contributed by atoms with Gasteiger partial charge >= 0.3 is 5.00 Å². The molecule has 108 valence electrons. The van der Waals surface area contributed by atoms with Crippen LogP contribution in [0.1, 0.15) is 17.3 Å². The Kier molecular flexibility index (Phi) is 4.29. The summed E-state index contributed by atoms with van der Waals surface area (Å²) in [4.78, 5) is 33.4. The van der Waals surface area contributed by atoms with Gasteiger partial charge in [-0.15, -0.1) is 0 Å². The number of thiophene rings is 1. The number of carbonyl (C=O) groups is 2. The normalized spacial score (nSPS) is 9.95. The molecule has 0 radical (unpaired) electrons. The number of nitro groups is 1. The molecular formula is C13H11N3O4S. The third-order valence-corrected chi connectivity index (χ3v) is 3.44. The highest BCUT2D eigenvalue weighted by Gasteiger charge is 2.15. The Morgan fingerprint density at radius 2 is 1.86 bits per heavy atom. The van der Waals surface area contributed by atoms with Gasteiger partial charge in [-0.1, -0.05) is 12.1 Å². The number of rotatable bonds is 4. The second-order valence-corrected chi connectivity index (χ2v) is 5.14. The van der Waals surface area contributed by atoms with Gasteiger partial charge in [-0.25, -0.2) is 0 Å². The zero-order valence-electron chi connectivity index (χ0n) is 11.0. The molecule has 0 bridgehead atoms. The predicted molar refractivity (Wildman–Crippen MR) is 79.7 cm³/mol. The molecule has 1 aromatic carbocycles. The maximum Gasteiger partial charge on any atom is 0.326 e. The van der Waals surface area contributed by atoms with Crippen molar-refractivity contribution >= 4 is 38.8 Å². The van der Waals surface area contributed by atoms with Crippen molar-refractivity contribution in [1.29, 1.82) is 0 Å². The first-order valence-electron chi connectivity index (χ1n) is 5.89. The van der Waals surface area contributed by atoms with Crippen LogP contribution in [0, 0.1) is 10.1 Å². The summed E-state index contributed by atoms with van der Waals surface area (Å²) in [5.74, 6) is -0.738. The van der Waals surface area contributed by atoms with E-state index >= 15 is 0 Å². The van der Waals surface area contributed by atoms with Gasteiger partial charge in [0.2, 0.25) is 5.91 Å². The number of anilines is 2. The van der Waals surface area contributed by atoms with E-state index in [2.05, 4.69) is 10.6 Å². The summed E-state index contributed by atoms with van der Waals surface area (Å²) in [6.45, 7) is 1.34. The van der Waals surface area contributed by atoms with Crippen molar-refractivity contribution in [2.45, 2.75) is 6.92 Å². The molecule has 21 heavy (non-hydrogen) atoms. The van der Waals surface area contributed by atoms with E-state index in [1.807, 2.05) is 0 Å². The van der Waals surface area contributed by atoms with Gasteiger partial charge in [-0.2, -0.15) is 0 Å². The van der Waals surface area contributed by atoms with Gasteiger partial charge in [0.05, 0.1) is 16.2 Å². The first-order valence-corrected chi connectivity index (χ1v) is 6.71. The highest BCUT2D eigenvalue weighted by atomic mass is 32.1. The minimum absolute atomic E-state index is 0.0551. The predicted octanol–water partition coefficient (Wildman–Crippen LogP) is 2.87. The van der Waals surface area contributed by atoms with Crippen molar-refractivity contribution < 1.29 is 14.5 Å². The number of para-hydroxylation sites is 1. The Balaban J connectivity index is 2.19. The SMILES string of the molecule is CC(=O)Nc1ccccc1C(=O)Nc1ccc([N+](=O)[O-])s1. The molecule has 2 aromatic rings. The Hall–Kier alpha value is -2.74. The third kappa shape index (κ3) is 3.63. The van der Waals surface area contributed by atoms with Crippen LogP contribution in [0.2, 0.25) is 0 Å². The monoisotopic (exact) mass is 305 g/mol. The molecule has 2 N–H and O–H groups in total. The summed E-state index contributed by atoms with van der Waals surface area (Å²) < 4.78 is 0. The van der Waals surface area contributed by atoms with E-state index in [1.165, 1.54) is 19.1 Å². The number of hydrogen-bond acceptors (Lipinski definition) is 5. The standard InChI is InChI=1S/C13H11N3O4S/c1-8(17)14-10-5-3-2-4-9(10)13(18)15-11-6-7-12(21-11)16(19)20/h2-7H,1H3,(H,14,17)(H,15,18). The van der Waals surface area contributed by atoms with Crippen LogP contribution in [0.4, 0.5) is 15.7 Å². The van der Waals surface area contributed by atoms with Crippen molar-refractivity contribution in [2.24, 2.45) is 0 Å². The van der Waals surface area contributed by atoms with E-state index in [9.17, 15) is 19.7 Å². The smallest absolute Gasteiger partial charge is 0.326 e. The molecule has 0 aliphatic rings. The fraction of sp³-hybridized carbons (Fsp3) is 0.0769. The van der Waals surface area contributed by atoms with E-state index in [1.54, 1.807) is 24.3 Å². The molecule has 2 amide bonds. The van der Waals surface area contributed by atoms with Crippen molar-refractivity contribution in [3.05, 3.63) is 52.1 Å². The molecule has 2 rings (SSSR count). The number of carbonyl (C=O) groups excluding carboxylic acids is 2. The molecule has 0 saturated heterocycles. The van der Waals surface area contributed by atoms with Gasteiger partial charge < -0.3 is 10.6 Å². The summed E-state index contributed by atoms with van der Waals surface area (Å²) in [7, 11) is 0. The van der Waals surface area contributed by atoms with Gasteiger partial charge in [-0.05, 0) is 29.5 Å². The van der Waals surface area contributed by atoms with Crippen LogP contribution in [0.3, 0.4) is 0 Å². The largest absolute Gasteiger partial charge is 0.326 e. The van der Waals surface area contributed by atoms with E-state index < -0.39 is 10.8 Å². The molecule has 0 fully saturated rings. The number of nitrogens with zero attached hydrogens (tertiary/aromatic N) is 1. The first-order chi connectivity index (χ1) is 9.97. The summed E-state index contributed by atoms with van der Waals surface area (Å²) >= 11 is 0.865. The lowest BCUT2D eigenvalue weighted by molar-refractivity contribution is -0.380. The Morgan fingerprint density at radius 1 is 1.14 bits per heavy atom. The molecule has 0 aliphatic carbocycles. The second kappa shape index (κ2) is 6.14. The minimum Gasteiger partial charge on any atom is -0.326 e. The molecule has 7 nitrogen and oxygen atoms in total. The number of nitrogens with one attached hydrogen (secondary N) is 2. The van der Waals surface area contributed by atoms with Crippen LogP contribution in [0.15, 0.2) is 36.4 Å². The summed E-state index contributed by atoms with van der Waals surface area (Å²) in [5.41, 5.74) is 0.664. The fourth-order valence-electron chi connectivity index (χ4n) is 1.65. The summed E-state index contributed by atoms with van der Waals surface area (Å²) in [6.07, 6.45) is 0. The lowest BCUT2D eigenvalue weighted by Gasteiger charge is -2.09. The summed E-state index contributed by atoms with van der Waals surface area (Å²) in [6, 6.07) is 9.30. The van der Waals surface area contributed by atoms with Gasteiger partial charge in [-0.3, -0.25) is 19.7 Å². The minimum atomic E-state index is -0.522. The lowest BCUT2D eigenvalue weighted by atomic mass is 10.1. The topological polar surface area (TPSA) is 101 Å². The molecule has 0 aliphatic heterocycles. The van der Waals surface area contributed by atoms with Crippen molar-refractivity contribution in [2.75, 3.05) is 10.6 Å². The van der Waals surface area contributed by atoms with Crippen LogP contribution in [0.5, 0.6) is 0 Å². The van der Waals surface area contributed by atoms with E-state index in [0.29, 0.717) is 10.7 Å². The van der Waals surface area contributed by atoms with Gasteiger partial charge in [0.15, 0.2) is 0 Å². The van der Waals surface area contributed by atoms with Crippen LogP contribution in [-0.2, 0) is 4.79 Å². The van der Waals surface area contributed by atoms with Crippen LogP contribution >= 0.6 is 11.3 Å². The van der Waals surface area contributed by atoms with Crippen molar-refractivity contribution in [3.63, 3.8) is 0 Å². The van der Waals surface area contributed by atoms with Crippen molar-refractivity contribution in [1.82, 2.24) is 0 Å². The van der Waals surface area contributed by atoms with Crippen molar-refractivity contribution in [3.8, 4) is 0 Å². The molecule has 1 aromatic heterocycles. The maximum absolute atomic E-state index is 12.2. The number of hydrogen-bond donors (Lipinski definition) is 2. The van der Waals surface area contributed by atoms with Gasteiger partial charge in [0.1, 0.15) is 5.00 Å². The van der Waals surface area contributed by atoms with Crippen LogP contribution < -0.4 is 10.6 Å². The molecular weight excluding hydrogens is 294 g/mol. The lowest BCUT2D eigenvalue weighted by Crippen LogP contribution is -2.15. The Bertz CT molecular complexity index is 711. The molecule has 0 spiro atoms. The van der Waals surface area contributed by atoms with E-state index in [-0.39, 0.29) is 16.5 Å². The average molecular weight is 305 g/mol. The van der Waals surface area contributed by atoms with Gasteiger partial charge in [0, 0.05) is 13.0 Å². The van der Waals surface area contributed by atoms with Gasteiger partial charge in [0.25, 0.3) is 5.91 Å². The maximum atomic E-state index is 12.2. The Morgan fingerprint density at radius 3 is 2.48 bits per heavy atom. The molecule has 0 unspecified atom stereocenters. The van der Waals surface area contributed by atoms with Crippen LogP contribution in [-0.4, -0.2) is 16.7 Å². The zero-order chi connectivity index (χ0) is 15.4. The molecule has 8 heteroatoms. The first kappa shape index (κ1) is 14.7. The Labute approximate surface area is 123 Å². The third-order valence-electron chi connectivity index (χ3n) is 2.49. The second-order valence-electron chi connectivity index (χ2n) is 4.08. The quantitative estimate of drug-likeness (QED) is 0.669. The highest BCUT2D eigenvalue weighted by molar-refractivity contribution is 7.19. The van der Waals surface area contributed by atoms with E-state index in [0.717, 1.165) is 11.3 Å². The highest BCUT2D eigenvalue weighted by Crippen LogP contribution is 2.29. The average Bonchev–Trinajstić information content (AvgIpc) is 2.87. The number of benzene rings is 1. The molecule has 0 saturated carbocycles. The molecule has 1 heterocycles. The van der Waals surface area contributed by atoms with E-state index in [4.69, 9.17) is 0 Å². The summed E-state index contributed by atoms with van der Waals surface area (Å²) in [5, 5.41) is 16.0. The fourth-order valence-corrected chi connectivity index (χ4v) is 2.37.